The molecule has 0 spiro atoms. The van der Waals surface area contributed by atoms with E-state index in [0.717, 1.165) is 0 Å². The first kappa shape index (κ1) is 23.7. The van der Waals surface area contributed by atoms with Crippen molar-refractivity contribution in [1.29, 1.82) is 0 Å². The van der Waals surface area contributed by atoms with Crippen LogP contribution in [-0.2, 0) is 23.9 Å². The number of esters is 2. The largest absolute Gasteiger partial charge is 0.468 e. The molecule has 9 nitrogen and oxygen atoms in total. The van der Waals surface area contributed by atoms with E-state index >= 15 is 0 Å². The van der Waals surface area contributed by atoms with Crippen LogP contribution < -0.4 is 0 Å². The summed E-state index contributed by atoms with van der Waals surface area (Å²) in [6.07, 6.45) is 4.90. The van der Waals surface area contributed by atoms with Gasteiger partial charge in [-0.1, -0.05) is 18.2 Å². The van der Waals surface area contributed by atoms with Crippen LogP contribution in [0.2, 0.25) is 0 Å². The fourth-order valence-corrected chi connectivity index (χ4v) is 5.78. The molecule has 4 heterocycles. The minimum atomic E-state index is -1.72. The Labute approximate surface area is 198 Å². The van der Waals surface area contributed by atoms with E-state index in [9.17, 15) is 14.4 Å². The fourth-order valence-electron chi connectivity index (χ4n) is 5.78. The Morgan fingerprint density at radius 1 is 1.00 bits per heavy atom. The van der Waals surface area contributed by atoms with E-state index < -0.39 is 40.6 Å². The number of rotatable bonds is 6. The molecule has 2 fully saturated rings. The van der Waals surface area contributed by atoms with Gasteiger partial charge >= 0.3 is 11.9 Å². The van der Waals surface area contributed by atoms with Gasteiger partial charge in [0.05, 0.1) is 37.7 Å². The zero-order valence-corrected chi connectivity index (χ0v) is 19.5. The number of aromatic nitrogens is 2. The van der Waals surface area contributed by atoms with Crippen LogP contribution in [0.25, 0.3) is 0 Å². The van der Waals surface area contributed by atoms with Crippen LogP contribution in [0, 0.1) is 10.8 Å². The Hall–Kier alpha value is -3.43. The van der Waals surface area contributed by atoms with Gasteiger partial charge in [-0.25, -0.2) is 0 Å². The normalized spacial score (nSPS) is 29.3. The molecular formula is C25H28N4O5. The second kappa shape index (κ2) is 9.08. The summed E-state index contributed by atoms with van der Waals surface area (Å²) in [5.41, 5.74) is -2.41. The second-order valence-corrected chi connectivity index (χ2v) is 8.69. The van der Waals surface area contributed by atoms with E-state index in [-0.39, 0.29) is 13.1 Å². The number of methoxy groups -OCH3 is 2. The zero-order valence-electron chi connectivity index (χ0n) is 19.5. The molecule has 2 aliphatic heterocycles. The molecule has 0 aliphatic carbocycles. The Kier molecular flexibility index (Phi) is 6.33. The molecule has 0 saturated carbocycles. The van der Waals surface area contributed by atoms with Crippen molar-refractivity contribution in [3.63, 3.8) is 0 Å². The second-order valence-electron chi connectivity index (χ2n) is 8.69. The van der Waals surface area contributed by atoms with Crippen LogP contribution in [0.15, 0.2) is 61.4 Å². The van der Waals surface area contributed by atoms with Gasteiger partial charge in [0.15, 0.2) is 16.6 Å². The predicted molar refractivity (Wildman–Crippen MR) is 122 cm³/mol. The van der Waals surface area contributed by atoms with Crippen molar-refractivity contribution in [3.8, 4) is 0 Å². The molecule has 34 heavy (non-hydrogen) atoms. The lowest BCUT2D eigenvalue weighted by Gasteiger charge is -2.60. The first-order chi connectivity index (χ1) is 16.4. The summed E-state index contributed by atoms with van der Waals surface area (Å²) in [6.45, 7) is 4.27. The van der Waals surface area contributed by atoms with Crippen LogP contribution in [-0.4, -0.2) is 78.4 Å². The topological polar surface area (TPSA) is 102 Å². The van der Waals surface area contributed by atoms with Crippen molar-refractivity contribution in [2.45, 2.75) is 12.1 Å². The highest BCUT2D eigenvalue weighted by atomic mass is 16.5. The molecule has 4 rings (SSSR count). The van der Waals surface area contributed by atoms with Gasteiger partial charge in [-0.15, -0.1) is 6.58 Å². The Balaban J connectivity index is 2.08. The fraction of sp³-hybridized carbons (Fsp3) is 0.400. The van der Waals surface area contributed by atoms with Gasteiger partial charge in [0.2, 0.25) is 0 Å². The van der Waals surface area contributed by atoms with Gasteiger partial charge < -0.3 is 9.47 Å². The van der Waals surface area contributed by atoms with E-state index in [0.29, 0.717) is 17.9 Å². The number of hydrogen-bond donors (Lipinski definition) is 0. The van der Waals surface area contributed by atoms with Crippen LogP contribution in [0.3, 0.4) is 0 Å². The molecule has 4 atom stereocenters. The average molecular weight is 465 g/mol. The van der Waals surface area contributed by atoms with Gasteiger partial charge in [0.25, 0.3) is 0 Å². The lowest BCUT2D eigenvalue weighted by molar-refractivity contribution is -0.203. The van der Waals surface area contributed by atoms with Gasteiger partial charge in [0.1, 0.15) is 0 Å². The molecule has 2 aliphatic rings. The lowest BCUT2D eigenvalue weighted by atomic mass is 9.54. The first-order valence-corrected chi connectivity index (χ1v) is 11.0. The molecule has 0 amide bonds. The third kappa shape index (κ3) is 3.26. The molecule has 2 aromatic rings. The number of ketones is 1. The van der Waals surface area contributed by atoms with E-state index in [1.807, 2.05) is 9.80 Å². The number of likely N-dealkylation sites (tertiary alicyclic amines) is 2. The first-order valence-electron chi connectivity index (χ1n) is 11.0. The van der Waals surface area contributed by atoms with Gasteiger partial charge in [-0.05, 0) is 31.3 Å². The minimum absolute atomic E-state index is 0.0454. The summed E-state index contributed by atoms with van der Waals surface area (Å²) in [7, 11) is 4.28. The maximum atomic E-state index is 14.6. The third-order valence-electron chi connectivity index (χ3n) is 6.93. The molecule has 0 aromatic carbocycles. The summed E-state index contributed by atoms with van der Waals surface area (Å²) >= 11 is 0. The molecule has 4 unspecified atom stereocenters. The number of carbonyl (C=O) groups excluding carboxylic acids is 3. The van der Waals surface area contributed by atoms with Gasteiger partial charge in [-0.3, -0.25) is 34.2 Å². The maximum absolute atomic E-state index is 14.6. The van der Waals surface area contributed by atoms with E-state index in [1.165, 1.54) is 14.2 Å². The summed E-state index contributed by atoms with van der Waals surface area (Å²) in [4.78, 5) is 54.5. The monoisotopic (exact) mass is 464 g/mol. The van der Waals surface area contributed by atoms with Crippen LogP contribution in [0.4, 0.5) is 0 Å². The van der Waals surface area contributed by atoms with Crippen LogP contribution in [0.1, 0.15) is 23.5 Å². The summed E-state index contributed by atoms with van der Waals surface area (Å²) < 4.78 is 10.5. The standard InChI is InChI=1S/C25H28N4O5/c1-5-14-29-15-24(22(31)33-3)19(17-10-6-8-12-26-17)28(2)20(18-11-7-9-13-27-18)25(16-29,21(24)30)23(32)34-4/h5-13,19-20H,1,14-16H2,2-4H3. The SMILES string of the molecule is C=CCN1CC2(C(=O)OC)C(=O)C(C(=O)OC)(C1)C(c1ccccn1)N(C)C2c1ccccn1. The number of pyridine rings is 2. The van der Waals surface area contributed by atoms with Crippen molar-refractivity contribution >= 4 is 17.7 Å². The maximum Gasteiger partial charge on any atom is 0.322 e. The van der Waals surface area contributed by atoms with E-state index in [1.54, 1.807) is 61.9 Å². The minimum Gasteiger partial charge on any atom is -0.468 e. The quantitative estimate of drug-likeness (QED) is 0.358. The summed E-state index contributed by atoms with van der Waals surface area (Å²) in [6, 6.07) is 9.04. The predicted octanol–water partition coefficient (Wildman–Crippen LogP) is 1.59. The average Bonchev–Trinajstić information content (AvgIpc) is 2.86. The molecular weight excluding hydrogens is 436 g/mol. The number of piperidine rings is 2. The number of hydrogen-bond acceptors (Lipinski definition) is 9. The number of ether oxygens (including phenoxy) is 2. The van der Waals surface area contributed by atoms with Gasteiger partial charge in [-0.2, -0.15) is 0 Å². The number of carbonyl (C=O) groups is 3. The molecule has 2 saturated heterocycles. The molecule has 2 bridgehead atoms. The molecule has 2 aromatic heterocycles. The lowest BCUT2D eigenvalue weighted by Crippen LogP contribution is -2.75. The van der Waals surface area contributed by atoms with E-state index in [4.69, 9.17) is 9.47 Å². The smallest absolute Gasteiger partial charge is 0.322 e. The Bertz CT molecular complexity index is 1020. The van der Waals surface area contributed by atoms with Crippen molar-refractivity contribution in [1.82, 2.24) is 19.8 Å². The van der Waals surface area contributed by atoms with E-state index in [2.05, 4.69) is 16.5 Å². The zero-order chi connectivity index (χ0) is 24.5. The summed E-state index contributed by atoms with van der Waals surface area (Å²) in [5.74, 6) is -1.98. The van der Waals surface area contributed by atoms with Crippen LogP contribution >= 0.6 is 0 Å². The highest BCUT2D eigenvalue weighted by Crippen LogP contribution is 2.60. The number of nitrogens with zero attached hydrogens (tertiary/aromatic N) is 4. The Morgan fingerprint density at radius 2 is 1.47 bits per heavy atom. The number of Topliss-reactive ketones (excluding diaryl/α,β-unsaturated/α-hetero) is 1. The highest BCUT2D eigenvalue weighted by molar-refractivity contribution is 6.17. The van der Waals surface area contributed by atoms with Gasteiger partial charge in [0, 0.05) is 32.0 Å². The molecule has 178 valence electrons. The Morgan fingerprint density at radius 3 is 1.82 bits per heavy atom. The summed E-state index contributed by atoms with van der Waals surface area (Å²) in [5, 5.41) is 0. The van der Waals surface area contributed by atoms with Crippen LogP contribution in [0.5, 0.6) is 0 Å². The molecule has 0 radical (unpaired) electrons. The van der Waals surface area contributed by atoms with Crippen molar-refractivity contribution in [2.75, 3.05) is 40.9 Å². The highest BCUT2D eigenvalue weighted by Gasteiger charge is 2.75. The van der Waals surface area contributed by atoms with Crippen molar-refractivity contribution < 1.29 is 23.9 Å². The third-order valence-corrected chi connectivity index (χ3v) is 6.93. The van der Waals surface area contributed by atoms with Crippen molar-refractivity contribution in [2.24, 2.45) is 10.8 Å². The molecule has 0 N–H and O–H groups in total. The number of fused-ring (bicyclic) bond motifs is 2. The molecule has 9 heteroatoms. The van der Waals surface area contributed by atoms with Crippen molar-refractivity contribution in [3.05, 3.63) is 72.8 Å².